The van der Waals surface area contributed by atoms with Crippen LogP contribution in [0.15, 0.2) is 0 Å². The van der Waals surface area contributed by atoms with Gasteiger partial charge in [0.05, 0.1) is 18.3 Å². The van der Waals surface area contributed by atoms with Gasteiger partial charge in [-0.2, -0.15) is 5.26 Å². The number of aliphatic hydroxyl groups is 1. The quantitative estimate of drug-likeness (QED) is 0.579. The van der Waals surface area contributed by atoms with Gasteiger partial charge in [0.25, 0.3) is 0 Å². The van der Waals surface area contributed by atoms with Crippen LogP contribution >= 0.6 is 0 Å². The minimum Gasteiger partial charge on any atom is -0.392 e. The minimum atomic E-state index is -0.442. The first-order chi connectivity index (χ1) is 11.7. The Bertz CT molecular complexity index is 431. The molecule has 2 aliphatic carbocycles. The van der Waals surface area contributed by atoms with Crippen LogP contribution in [0, 0.1) is 29.1 Å². The predicted molar refractivity (Wildman–Crippen MR) is 93.3 cm³/mol. The first-order valence-electron chi connectivity index (χ1n) is 9.86. The van der Waals surface area contributed by atoms with Gasteiger partial charge < -0.3 is 9.84 Å². The van der Waals surface area contributed by atoms with Crippen LogP contribution in [0.2, 0.25) is 0 Å². The number of rotatable bonds is 11. The van der Waals surface area contributed by atoms with Crippen LogP contribution in [0.1, 0.15) is 77.6 Å². The van der Waals surface area contributed by atoms with Crippen molar-refractivity contribution in [2.45, 2.75) is 89.8 Å². The number of ketones is 1. The third-order valence-electron chi connectivity index (χ3n) is 5.81. The molecule has 0 unspecified atom stereocenters. The standard InChI is InChI=1S/C20H33NO3/c1-2-3-4-5-6-9-18(22)20-17-14-16(24-11-8-7-10-21)12-15(17)13-19(20)23/h15-17,19-20,23H,2-9,11-14H2,1H3/t15-,16+,17-,19-,20+/m1/s1. The Balaban J connectivity index is 1.75. The number of ether oxygens (including phenoxy) is 1. The molecule has 0 spiro atoms. The largest absolute Gasteiger partial charge is 0.392 e. The van der Waals surface area contributed by atoms with Gasteiger partial charge in [0.15, 0.2) is 0 Å². The Morgan fingerprint density at radius 1 is 1.17 bits per heavy atom. The Labute approximate surface area is 146 Å². The molecule has 4 heteroatoms. The van der Waals surface area contributed by atoms with Crippen molar-refractivity contribution in [3.63, 3.8) is 0 Å². The van der Waals surface area contributed by atoms with Gasteiger partial charge in [-0.3, -0.25) is 4.79 Å². The molecule has 4 nitrogen and oxygen atoms in total. The average molecular weight is 335 g/mol. The van der Waals surface area contributed by atoms with Crippen molar-refractivity contribution in [3.05, 3.63) is 0 Å². The normalized spacial score (nSPS) is 31.8. The fourth-order valence-electron chi connectivity index (χ4n) is 4.62. The molecule has 2 fully saturated rings. The summed E-state index contributed by atoms with van der Waals surface area (Å²) >= 11 is 0. The van der Waals surface area contributed by atoms with E-state index in [1.807, 2.05) is 0 Å². The van der Waals surface area contributed by atoms with Gasteiger partial charge in [0.1, 0.15) is 5.78 Å². The molecule has 0 radical (unpaired) electrons. The molecule has 5 atom stereocenters. The predicted octanol–water partition coefficient (Wildman–Crippen LogP) is 4.01. The summed E-state index contributed by atoms with van der Waals surface area (Å²) in [5.41, 5.74) is 0. The zero-order valence-corrected chi connectivity index (χ0v) is 15.1. The van der Waals surface area contributed by atoms with E-state index < -0.39 is 6.10 Å². The van der Waals surface area contributed by atoms with E-state index in [1.54, 1.807) is 0 Å². The van der Waals surface area contributed by atoms with E-state index in [-0.39, 0.29) is 17.8 Å². The van der Waals surface area contributed by atoms with Crippen LogP contribution in [0.4, 0.5) is 0 Å². The number of carbonyl (C=O) groups is 1. The highest BCUT2D eigenvalue weighted by molar-refractivity contribution is 5.82. The van der Waals surface area contributed by atoms with E-state index in [4.69, 9.17) is 10.00 Å². The molecule has 2 aliphatic rings. The van der Waals surface area contributed by atoms with Gasteiger partial charge >= 0.3 is 0 Å². The van der Waals surface area contributed by atoms with Crippen molar-refractivity contribution in [1.82, 2.24) is 0 Å². The fraction of sp³-hybridized carbons (Fsp3) is 0.900. The Kier molecular flexibility index (Phi) is 8.21. The van der Waals surface area contributed by atoms with Crippen LogP contribution < -0.4 is 0 Å². The summed E-state index contributed by atoms with van der Waals surface area (Å²) < 4.78 is 5.89. The van der Waals surface area contributed by atoms with E-state index in [9.17, 15) is 9.90 Å². The van der Waals surface area contributed by atoms with Crippen molar-refractivity contribution in [2.75, 3.05) is 6.61 Å². The van der Waals surface area contributed by atoms with E-state index in [0.29, 0.717) is 31.3 Å². The van der Waals surface area contributed by atoms with Gasteiger partial charge in [-0.25, -0.2) is 0 Å². The summed E-state index contributed by atoms with van der Waals surface area (Å²) in [5.74, 6) is 0.865. The SMILES string of the molecule is CCCCCCCC(=O)[C@@H]1[C@@H]2C[C@@H](OCCCC#N)C[C@@H]2C[C@H]1O. The highest BCUT2D eigenvalue weighted by atomic mass is 16.5. The van der Waals surface area contributed by atoms with Gasteiger partial charge in [-0.15, -0.1) is 0 Å². The molecular weight excluding hydrogens is 302 g/mol. The third-order valence-corrected chi connectivity index (χ3v) is 5.81. The molecule has 0 bridgehead atoms. The summed E-state index contributed by atoms with van der Waals surface area (Å²) in [6, 6.07) is 2.14. The van der Waals surface area contributed by atoms with Crippen LogP contribution in [-0.4, -0.2) is 29.7 Å². The smallest absolute Gasteiger partial charge is 0.138 e. The topological polar surface area (TPSA) is 70.3 Å². The molecule has 2 rings (SSSR count). The number of hydrogen-bond acceptors (Lipinski definition) is 4. The first kappa shape index (κ1) is 19.4. The van der Waals surface area contributed by atoms with Gasteiger partial charge in [-0.05, 0) is 43.9 Å². The number of nitrogens with zero attached hydrogens (tertiary/aromatic N) is 1. The first-order valence-corrected chi connectivity index (χ1v) is 9.86. The lowest BCUT2D eigenvalue weighted by Gasteiger charge is -2.21. The van der Waals surface area contributed by atoms with Crippen LogP contribution in [-0.2, 0) is 9.53 Å². The maximum Gasteiger partial charge on any atom is 0.138 e. The second kappa shape index (κ2) is 10.2. The van der Waals surface area contributed by atoms with Crippen LogP contribution in [0.3, 0.4) is 0 Å². The molecule has 0 aromatic heterocycles. The monoisotopic (exact) mass is 335 g/mol. The third kappa shape index (κ3) is 5.29. The van der Waals surface area contributed by atoms with Gasteiger partial charge in [0.2, 0.25) is 0 Å². The lowest BCUT2D eigenvalue weighted by molar-refractivity contribution is -0.127. The molecule has 0 saturated heterocycles. The molecule has 2 saturated carbocycles. The number of fused-ring (bicyclic) bond motifs is 1. The van der Waals surface area contributed by atoms with Gasteiger partial charge in [0, 0.05) is 25.4 Å². The summed E-state index contributed by atoms with van der Waals surface area (Å²) in [4.78, 5) is 12.6. The van der Waals surface area contributed by atoms with Crippen molar-refractivity contribution < 1.29 is 14.6 Å². The highest BCUT2D eigenvalue weighted by Gasteiger charge is 2.50. The highest BCUT2D eigenvalue weighted by Crippen LogP contribution is 2.49. The van der Waals surface area contributed by atoms with Crippen molar-refractivity contribution in [2.24, 2.45) is 17.8 Å². The van der Waals surface area contributed by atoms with Crippen LogP contribution in [0.5, 0.6) is 0 Å². The number of unbranched alkanes of at least 4 members (excludes halogenated alkanes) is 5. The van der Waals surface area contributed by atoms with E-state index in [0.717, 1.165) is 38.5 Å². The second-order valence-electron chi connectivity index (χ2n) is 7.61. The van der Waals surface area contributed by atoms with E-state index >= 15 is 0 Å². The number of nitriles is 1. The number of aliphatic hydroxyl groups excluding tert-OH is 1. The zero-order chi connectivity index (χ0) is 17.4. The lowest BCUT2D eigenvalue weighted by Crippen LogP contribution is -2.29. The Hall–Kier alpha value is -0.920. The molecule has 0 heterocycles. The fourth-order valence-corrected chi connectivity index (χ4v) is 4.62. The Morgan fingerprint density at radius 3 is 2.71 bits per heavy atom. The summed E-state index contributed by atoms with van der Waals surface area (Å²) in [5, 5.41) is 18.9. The molecule has 24 heavy (non-hydrogen) atoms. The molecular formula is C20H33NO3. The van der Waals surface area contributed by atoms with E-state index in [2.05, 4.69) is 13.0 Å². The molecule has 0 aromatic rings. The Morgan fingerprint density at radius 2 is 1.96 bits per heavy atom. The van der Waals surface area contributed by atoms with Crippen molar-refractivity contribution in [1.29, 1.82) is 5.26 Å². The van der Waals surface area contributed by atoms with Crippen molar-refractivity contribution in [3.8, 4) is 6.07 Å². The summed E-state index contributed by atoms with van der Waals surface area (Å²) in [6.45, 7) is 2.83. The number of Topliss-reactive ketones (excluding diaryl/α,β-unsaturated/α-hetero) is 1. The molecule has 0 aliphatic heterocycles. The maximum atomic E-state index is 12.6. The van der Waals surface area contributed by atoms with E-state index in [1.165, 1.54) is 19.3 Å². The second-order valence-corrected chi connectivity index (χ2v) is 7.61. The molecule has 0 amide bonds. The minimum absolute atomic E-state index is 0.158. The van der Waals surface area contributed by atoms with Crippen molar-refractivity contribution >= 4 is 5.78 Å². The average Bonchev–Trinajstić information content (AvgIpc) is 3.07. The van der Waals surface area contributed by atoms with Gasteiger partial charge in [-0.1, -0.05) is 32.6 Å². The molecule has 136 valence electrons. The lowest BCUT2D eigenvalue weighted by atomic mass is 9.86. The summed E-state index contributed by atoms with van der Waals surface area (Å²) in [6.07, 6.45) is 10.1. The summed E-state index contributed by atoms with van der Waals surface area (Å²) in [7, 11) is 0. The number of hydrogen-bond donors (Lipinski definition) is 1. The number of carbonyl (C=O) groups excluding carboxylic acids is 1. The molecule has 1 N–H and O–H groups in total. The maximum absolute atomic E-state index is 12.6. The zero-order valence-electron chi connectivity index (χ0n) is 15.1. The van der Waals surface area contributed by atoms with Crippen LogP contribution in [0.25, 0.3) is 0 Å². The molecule has 0 aromatic carbocycles.